The van der Waals surface area contributed by atoms with Gasteiger partial charge in [0.25, 0.3) is 0 Å². The average molecular weight is 405 g/mol. The van der Waals surface area contributed by atoms with Crippen molar-refractivity contribution in [2.45, 2.75) is 9.79 Å². The van der Waals surface area contributed by atoms with E-state index >= 15 is 0 Å². The van der Waals surface area contributed by atoms with Gasteiger partial charge >= 0.3 is 0 Å². The maximum absolute atomic E-state index is 10.8. The molecule has 26 heavy (non-hydrogen) atoms. The fourth-order valence-corrected chi connectivity index (χ4v) is 3.18. The third kappa shape index (κ3) is 8.17. The van der Waals surface area contributed by atoms with Crippen molar-refractivity contribution in [1.29, 1.82) is 0 Å². The molecular formula is C16H24N2O6S2. The summed E-state index contributed by atoms with van der Waals surface area (Å²) in [5, 5.41) is 21.7. The Bertz CT molecular complexity index is 805. The molecule has 0 spiro atoms. The molecule has 0 bridgehead atoms. The lowest BCUT2D eigenvalue weighted by Gasteiger charge is -2.15. The van der Waals surface area contributed by atoms with Gasteiger partial charge in [-0.2, -0.15) is 0 Å². The van der Waals surface area contributed by atoms with Crippen molar-refractivity contribution < 1.29 is 19.2 Å². The van der Waals surface area contributed by atoms with E-state index in [1.165, 1.54) is 0 Å². The van der Waals surface area contributed by atoms with Crippen LogP contribution in [0, 0.1) is 0 Å². The number of quaternary nitrogens is 2. The van der Waals surface area contributed by atoms with E-state index in [0.29, 0.717) is 21.6 Å². The van der Waals surface area contributed by atoms with Crippen LogP contribution in [0.25, 0.3) is 0 Å². The Morgan fingerprint density at radius 3 is 0.885 bits per heavy atom. The lowest BCUT2D eigenvalue weighted by molar-refractivity contribution is -0.849. The summed E-state index contributed by atoms with van der Waals surface area (Å²) >= 11 is 0. The molecule has 0 radical (unpaired) electrons. The summed E-state index contributed by atoms with van der Waals surface area (Å²) in [7, 11) is 18.1. The van der Waals surface area contributed by atoms with Gasteiger partial charge in [-0.05, 0) is 33.1 Å². The van der Waals surface area contributed by atoms with Crippen molar-refractivity contribution in [3.63, 3.8) is 0 Å². The fraction of sp³-hybridized carbons (Fsp3) is 0.500. The summed E-state index contributed by atoms with van der Waals surface area (Å²) in [5.74, 6) is -1.85. The van der Waals surface area contributed by atoms with E-state index in [2.05, 4.69) is 56.4 Å². The van der Waals surface area contributed by atoms with Crippen molar-refractivity contribution in [3.8, 4) is 11.5 Å². The standard InChI is InChI=1S/C8H2O6S2.2C4H12N/c9-1-3(11)7(4(1)12)15-16-8-5(13)2(10)6(8)14;2*1-5(2,3)4/h11,13H;2*1-4H3/q;2*+1/p-2. The van der Waals surface area contributed by atoms with Gasteiger partial charge in [0, 0.05) is 0 Å². The zero-order chi connectivity index (χ0) is 21.0. The van der Waals surface area contributed by atoms with E-state index in [-0.39, 0.29) is 9.79 Å². The van der Waals surface area contributed by atoms with Crippen molar-refractivity contribution in [3.05, 3.63) is 40.9 Å². The lowest BCUT2D eigenvalue weighted by atomic mass is 10.3. The maximum Gasteiger partial charge on any atom is 0.238 e. The zero-order valence-electron chi connectivity index (χ0n) is 16.2. The first-order chi connectivity index (χ1) is 11.4. The molecule has 2 rings (SSSR count). The van der Waals surface area contributed by atoms with Crippen LogP contribution in [-0.4, -0.2) is 65.3 Å². The molecule has 0 atom stereocenters. The highest BCUT2D eigenvalue weighted by Crippen LogP contribution is 2.39. The summed E-state index contributed by atoms with van der Waals surface area (Å²) in [6.45, 7) is 0. The van der Waals surface area contributed by atoms with Crippen molar-refractivity contribution >= 4 is 21.6 Å². The highest BCUT2D eigenvalue weighted by atomic mass is 33.1. The monoisotopic (exact) mass is 404 g/mol. The van der Waals surface area contributed by atoms with Crippen LogP contribution in [0.15, 0.2) is 29.0 Å². The number of nitrogens with zero attached hydrogens (tertiary/aromatic N) is 2. The largest absolute Gasteiger partial charge is 0.869 e. The molecule has 0 fully saturated rings. The van der Waals surface area contributed by atoms with Gasteiger partial charge in [0.1, 0.15) is 0 Å². The summed E-state index contributed by atoms with van der Waals surface area (Å²) in [6, 6.07) is 0. The molecule has 0 aromatic heterocycles. The Morgan fingerprint density at radius 1 is 0.538 bits per heavy atom. The number of rotatable bonds is 3. The molecule has 0 heterocycles. The van der Waals surface area contributed by atoms with Gasteiger partial charge in [0.05, 0.1) is 66.2 Å². The van der Waals surface area contributed by atoms with Crippen molar-refractivity contribution in [1.82, 2.24) is 0 Å². The molecule has 146 valence electrons. The Hall–Kier alpha value is -1.62. The molecule has 0 amide bonds. The molecule has 0 saturated heterocycles. The van der Waals surface area contributed by atoms with E-state index in [1.54, 1.807) is 0 Å². The normalized spacial score (nSPS) is 11.5. The number of hydrogen-bond donors (Lipinski definition) is 0. The van der Waals surface area contributed by atoms with Gasteiger partial charge in [-0.3, -0.25) is 19.2 Å². The molecule has 2 aromatic carbocycles. The summed E-state index contributed by atoms with van der Waals surface area (Å²) in [5.41, 5.74) is -4.05. The molecule has 10 heteroatoms. The molecule has 0 aliphatic carbocycles. The minimum Gasteiger partial charge on any atom is -0.869 e. The molecule has 0 N–H and O–H groups in total. The van der Waals surface area contributed by atoms with Crippen LogP contribution in [0.3, 0.4) is 0 Å². The predicted molar refractivity (Wildman–Crippen MR) is 101 cm³/mol. The predicted octanol–water partition coefficient (Wildman–Crippen LogP) is -1.53. The Labute approximate surface area is 159 Å². The summed E-state index contributed by atoms with van der Waals surface area (Å²) in [6.07, 6.45) is 0. The molecule has 8 nitrogen and oxygen atoms in total. The van der Waals surface area contributed by atoms with E-state index in [1.807, 2.05) is 0 Å². The van der Waals surface area contributed by atoms with Crippen molar-refractivity contribution in [2.75, 3.05) is 56.4 Å². The highest BCUT2D eigenvalue weighted by Gasteiger charge is 2.18. The first-order valence-corrected chi connectivity index (χ1v) is 9.53. The average Bonchev–Trinajstić information content (AvgIpc) is 2.46. The van der Waals surface area contributed by atoms with E-state index in [4.69, 9.17) is 0 Å². The molecule has 0 saturated carbocycles. The van der Waals surface area contributed by atoms with Crippen LogP contribution < -0.4 is 31.9 Å². The minimum atomic E-state index is -1.10. The van der Waals surface area contributed by atoms with Crippen LogP contribution >= 0.6 is 21.6 Å². The van der Waals surface area contributed by atoms with Crippen LogP contribution in [-0.2, 0) is 0 Å². The van der Waals surface area contributed by atoms with Gasteiger partial charge < -0.3 is 19.2 Å². The topological polar surface area (TPSA) is 114 Å². The Morgan fingerprint density at radius 2 is 0.731 bits per heavy atom. The van der Waals surface area contributed by atoms with E-state index in [9.17, 15) is 29.4 Å². The maximum atomic E-state index is 10.8. The SMILES string of the molecule is C[N+](C)(C)C.C[N+](C)(C)C.O=c1c([O-])c(SSc2c([O-])c(=O)c2=O)c1=O. The first-order valence-electron chi connectivity index (χ1n) is 7.38. The third-order valence-corrected chi connectivity index (χ3v) is 4.27. The Kier molecular flexibility index (Phi) is 8.30. The van der Waals surface area contributed by atoms with Crippen LogP contribution in [0.4, 0.5) is 0 Å². The van der Waals surface area contributed by atoms with Gasteiger partial charge in [0.2, 0.25) is 21.7 Å². The third-order valence-electron chi connectivity index (χ3n) is 1.86. The second kappa shape index (κ2) is 8.85. The quantitative estimate of drug-likeness (QED) is 0.344. The van der Waals surface area contributed by atoms with Gasteiger partial charge in [-0.25, -0.2) is 0 Å². The minimum absolute atomic E-state index is 0.317. The molecule has 2 aromatic rings. The Balaban J connectivity index is 0.000000520. The van der Waals surface area contributed by atoms with Gasteiger partial charge in [0.15, 0.2) is 0 Å². The van der Waals surface area contributed by atoms with Crippen molar-refractivity contribution in [2.24, 2.45) is 0 Å². The molecular weight excluding hydrogens is 380 g/mol. The number of hydrogen-bond acceptors (Lipinski definition) is 8. The fourth-order valence-electron chi connectivity index (χ4n) is 0.935. The molecule has 0 unspecified atom stereocenters. The highest BCUT2D eigenvalue weighted by molar-refractivity contribution is 8.76. The van der Waals surface area contributed by atoms with Gasteiger partial charge in [-0.1, -0.05) is 0 Å². The van der Waals surface area contributed by atoms with E-state index < -0.39 is 33.2 Å². The van der Waals surface area contributed by atoms with E-state index in [0.717, 1.165) is 8.97 Å². The second-order valence-electron chi connectivity index (χ2n) is 8.17. The van der Waals surface area contributed by atoms with Gasteiger partial charge in [-0.15, -0.1) is 0 Å². The zero-order valence-corrected chi connectivity index (χ0v) is 17.8. The summed E-state index contributed by atoms with van der Waals surface area (Å²) in [4.78, 5) is 42.1. The summed E-state index contributed by atoms with van der Waals surface area (Å²) < 4.78 is 2.00. The second-order valence-corrected chi connectivity index (χ2v) is 10.3. The lowest BCUT2D eigenvalue weighted by Crippen LogP contribution is -2.37. The van der Waals surface area contributed by atoms with Crippen LogP contribution in [0.2, 0.25) is 0 Å². The van der Waals surface area contributed by atoms with Crippen LogP contribution in [0.1, 0.15) is 0 Å². The van der Waals surface area contributed by atoms with Crippen LogP contribution in [0.5, 0.6) is 11.5 Å². The molecule has 0 aliphatic heterocycles. The molecule has 0 aliphatic rings. The smallest absolute Gasteiger partial charge is 0.238 e. The first kappa shape index (κ1) is 24.4.